The first kappa shape index (κ1) is 16.9. The molecule has 0 heterocycles. The van der Waals surface area contributed by atoms with Crippen LogP contribution in [0.4, 0.5) is 0 Å². The molecule has 2 amide bonds. The van der Waals surface area contributed by atoms with E-state index < -0.39 is 15.7 Å². The van der Waals surface area contributed by atoms with Crippen molar-refractivity contribution in [2.75, 3.05) is 24.6 Å². The molecule has 0 aromatic rings. The highest BCUT2D eigenvalue weighted by molar-refractivity contribution is 7.91. The Labute approximate surface area is 108 Å². The number of amides is 2. The van der Waals surface area contributed by atoms with Crippen molar-refractivity contribution >= 4 is 21.7 Å². The fourth-order valence-electron chi connectivity index (χ4n) is 1.37. The number of likely N-dealkylation sites (N-methyl/N-ethyl adjacent to an activating group) is 1. The van der Waals surface area contributed by atoms with Crippen LogP contribution in [-0.4, -0.2) is 44.8 Å². The summed E-state index contributed by atoms with van der Waals surface area (Å²) in [6, 6.07) is 0. The van der Waals surface area contributed by atoms with Crippen LogP contribution in [0, 0.1) is 5.92 Å². The highest BCUT2D eigenvalue weighted by atomic mass is 32.2. The molecule has 0 saturated heterocycles. The predicted molar refractivity (Wildman–Crippen MR) is 69.8 cm³/mol. The first-order valence-corrected chi connectivity index (χ1v) is 7.82. The molecule has 0 atom stereocenters. The fraction of sp³-hybridized carbons (Fsp3) is 0.818. The van der Waals surface area contributed by atoms with Gasteiger partial charge in [-0.15, -0.1) is 0 Å². The molecule has 0 aromatic carbocycles. The van der Waals surface area contributed by atoms with Crippen LogP contribution in [0.1, 0.15) is 27.2 Å². The van der Waals surface area contributed by atoms with Gasteiger partial charge in [0.15, 0.2) is 9.84 Å². The van der Waals surface area contributed by atoms with Crippen LogP contribution in [0.5, 0.6) is 0 Å². The summed E-state index contributed by atoms with van der Waals surface area (Å²) >= 11 is 0. The zero-order valence-electron chi connectivity index (χ0n) is 11.2. The molecule has 0 saturated carbocycles. The maximum atomic E-state index is 11.5. The second-order valence-electron chi connectivity index (χ2n) is 4.49. The monoisotopic (exact) mass is 278 g/mol. The number of rotatable bonds is 8. The SMILES string of the molecule is CCNC(=O)CNC(=O)CCS(=O)(=O)CC(C)C. The zero-order chi connectivity index (χ0) is 14.2. The summed E-state index contributed by atoms with van der Waals surface area (Å²) in [7, 11) is -3.19. The van der Waals surface area contributed by atoms with Crippen molar-refractivity contribution in [2.24, 2.45) is 5.92 Å². The molecule has 0 aliphatic carbocycles. The van der Waals surface area contributed by atoms with E-state index in [0.29, 0.717) is 6.54 Å². The van der Waals surface area contributed by atoms with Gasteiger partial charge in [0.2, 0.25) is 11.8 Å². The van der Waals surface area contributed by atoms with E-state index in [1.54, 1.807) is 6.92 Å². The summed E-state index contributed by atoms with van der Waals surface area (Å²) in [6.07, 6.45) is -0.103. The van der Waals surface area contributed by atoms with Crippen LogP contribution in [0.2, 0.25) is 0 Å². The highest BCUT2D eigenvalue weighted by Gasteiger charge is 2.15. The number of nitrogens with one attached hydrogen (secondary N) is 2. The number of hydrogen-bond acceptors (Lipinski definition) is 4. The molecule has 0 aromatic heterocycles. The molecule has 6 nitrogen and oxygen atoms in total. The number of carbonyl (C=O) groups excluding carboxylic acids is 2. The van der Waals surface area contributed by atoms with Crippen molar-refractivity contribution in [3.05, 3.63) is 0 Å². The highest BCUT2D eigenvalue weighted by Crippen LogP contribution is 2.02. The summed E-state index contributed by atoms with van der Waals surface area (Å²) in [4.78, 5) is 22.4. The molecule has 0 aliphatic rings. The molecule has 0 unspecified atom stereocenters. The standard InChI is InChI=1S/C11H22N2O4S/c1-4-12-11(15)7-13-10(14)5-6-18(16,17)8-9(2)3/h9H,4-8H2,1-3H3,(H,12,15)(H,13,14). The number of sulfone groups is 1. The first-order valence-electron chi connectivity index (χ1n) is 6.00. The molecular weight excluding hydrogens is 256 g/mol. The van der Waals surface area contributed by atoms with E-state index in [4.69, 9.17) is 0 Å². The Kier molecular flexibility index (Phi) is 7.58. The van der Waals surface area contributed by atoms with Crippen molar-refractivity contribution in [3.8, 4) is 0 Å². The second kappa shape index (κ2) is 8.07. The largest absolute Gasteiger partial charge is 0.355 e. The normalized spacial score (nSPS) is 11.3. The van der Waals surface area contributed by atoms with E-state index in [1.165, 1.54) is 0 Å². The molecule has 0 aliphatic heterocycles. The van der Waals surface area contributed by atoms with Gasteiger partial charge in [0.05, 0.1) is 18.1 Å². The number of hydrogen-bond donors (Lipinski definition) is 2. The van der Waals surface area contributed by atoms with Crippen molar-refractivity contribution in [3.63, 3.8) is 0 Å². The van der Waals surface area contributed by atoms with Crippen molar-refractivity contribution in [2.45, 2.75) is 27.2 Å². The van der Waals surface area contributed by atoms with Gasteiger partial charge in [-0.2, -0.15) is 0 Å². The summed E-state index contributed by atoms with van der Waals surface area (Å²) in [6.45, 7) is 5.78. The van der Waals surface area contributed by atoms with Gasteiger partial charge in [0.25, 0.3) is 0 Å². The molecule has 0 fully saturated rings. The molecular formula is C11H22N2O4S. The van der Waals surface area contributed by atoms with Gasteiger partial charge in [-0.05, 0) is 12.8 Å². The zero-order valence-corrected chi connectivity index (χ0v) is 12.0. The fourth-order valence-corrected chi connectivity index (χ4v) is 3.05. The minimum absolute atomic E-state index is 0.0494. The Morgan fingerprint density at radius 1 is 1.11 bits per heavy atom. The van der Waals surface area contributed by atoms with Crippen molar-refractivity contribution < 1.29 is 18.0 Å². The van der Waals surface area contributed by atoms with Crippen LogP contribution in [-0.2, 0) is 19.4 Å². The second-order valence-corrected chi connectivity index (χ2v) is 6.72. The van der Waals surface area contributed by atoms with Crippen LogP contribution in [0.15, 0.2) is 0 Å². The minimum Gasteiger partial charge on any atom is -0.355 e. The third kappa shape index (κ3) is 8.98. The summed E-state index contributed by atoms with van der Waals surface area (Å²) in [5, 5.41) is 4.91. The topological polar surface area (TPSA) is 92.3 Å². The van der Waals surface area contributed by atoms with Gasteiger partial charge in [-0.25, -0.2) is 8.42 Å². The number of carbonyl (C=O) groups is 2. The van der Waals surface area contributed by atoms with Gasteiger partial charge in [0, 0.05) is 13.0 Å². The lowest BCUT2D eigenvalue weighted by Gasteiger charge is -2.07. The summed E-state index contributed by atoms with van der Waals surface area (Å²) in [5.41, 5.74) is 0. The summed E-state index contributed by atoms with van der Waals surface area (Å²) in [5.74, 6) is -0.749. The third-order valence-electron chi connectivity index (χ3n) is 2.05. The Hall–Kier alpha value is -1.11. The van der Waals surface area contributed by atoms with Crippen molar-refractivity contribution in [1.82, 2.24) is 10.6 Å². The van der Waals surface area contributed by atoms with E-state index in [-0.39, 0.29) is 36.3 Å². The maximum Gasteiger partial charge on any atom is 0.239 e. The van der Waals surface area contributed by atoms with Crippen LogP contribution in [0.25, 0.3) is 0 Å². The van der Waals surface area contributed by atoms with Gasteiger partial charge in [-0.1, -0.05) is 13.8 Å². The van der Waals surface area contributed by atoms with E-state index in [0.717, 1.165) is 0 Å². The lowest BCUT2D eigenvalue weighted by molar-refractivity contribution is -0.125. The van der Waals surface area contributed by atoms with E-state index in [1.807, 2.05) is 13.8 Å². The molecule has 0 rings (SSSR count). The predicted octanol–water partition coefficient (Wildman–Crippen LogP) is -0.300. The first-order chi connectivity index (χ1) is 8.26. The Morgan fingerprint density at radius 2 is 1.72 bits per heavy atom. The average molecular weight is 278 g/mol. The van der Waals surface area contributed by atoms with Gasteiger partial charge < -0.3 is 10.6 Å². The van der Waals surface area contributed by atoms with E-state index in [2.05, 4.69) is 10.6 Å². The molecule has 106 valence electrons. The Morgan fingerprint density at radius 3 is 2.22 bits per heavy atom. The van der Waals surface area contributed by atoms with E-state index >= 15 is 0 Å². The van der Waals surface area contributed by atoms with Crippen LogP contribution < -0.4 is 10.6 Å². The van der Waals surface area contributed by atoms with Gasteiger partial charge >= 0.3 is 0 Å². The average Bonchev–Trinajstić information content (AvgIpc) is 2.22. The third-order valence-corrected chi connectivity index (χ3v) is 4.05. The van der Waals surface area contributed by atoms with Crippen LogP contribution >= 0.6 is 0 Å². The molecule has 0 bridgehead atoms. The smallest absolute Gasteiger partial charge is 0.239 e. The maximum absolute atomic E-state index is 11.5. The lowest BCUT2D eigenvalue weighted by Crippen LogP contribution is -2.37. The van der Waals surface area contributed by atoms with Gasteiger partial charge in [0.1, 0.15) is 0 Å². The van der Waals surface area contributed by atoms with Crippen molar-refractivity contribution in [1.29, 1.82) is 0 Å². The Balaban J connectivity index is 3.94. The Bertz CT molecular complexity index is 377. The lowest BCUT2D eigenvalue weighted by atomic mass is 10.3. The molecule has 0 radical (unpaired) electrons. The van der Waals surface area contributed by atoms with Gasteiger partial charge in [-0.3, -0.25) is 9.59 Å². The molecule has 0 spiro atoms. The minimum atomic E-state index is -3.19. The molecule has 18 heavy (non-hydrogen) atoms. The molecule has 2 N–H and O–H groups in total. The van der Waals surface area contributed by atoms with E-state index in [9.17, 15) is 18.0 Å². The summed E-state index contributed by atoms with van der Waals surface area (Å²) < 4.78 is 23.1. The quantitative estimate of drug-likeness (QED) is 0.637. The molecule has 7 heteroatoms. The van der Waals surface area contributed by atoms with Crippen LogP contribution in [0.3, 0.4) is 0 Å².